The van der Waals surface area contributed by atoms with Gasteiger partial charge in [-0.3, -0.25) is 0 Å². The summed E-state index contributed by atoms with van der Waals surface area (Å²) in [6, 6.07) is 5.25. The lowest BCUT2D eigenvalue weighted by Crippen LogP contribution is -2.02. The van der Waals surface area contributed by atoms with E-state index in [0.717, 1.165) is 0 Å². The minimum atomic E-state index is -1.16. The van der Waals surface area contributed by atoms with E-state index in [1.165, 1.54) is 4.68 Å². The van der Waals surface area contributed by atoms with Crippen LogP contribution in [0.15, 0.2) is 18.2 Å². The van der Waals surface area contributed by atoms with Gasteiger partial charge in [0.15, 0.2) is 11.5 Å². The lowest BCUT2D eigenvalue weighted by Gasteiger charge is -2.03. The van der Waals surface area contributed by atoms with Crippen LogP contribution in [0.25, 0.3) is 5.69 Å². The fraction of sp³-hybridized carbons (Fsp3) is 0.182. The Balaban J connectivity index is 2.07. The second-order valence-corrected chi connectivity index (χ2v) is 3.74. The number of hydrogen-bond acceptors (Lipinski definition) is 5. The Morgan fingerprint density at radius 1 is 1.39 bits per heavy atom. The standard InChI is InChI=1S/C11H9N3O4/c1-6-12-10(11(15)16)13-14(6)7-2-3-8-9(4-7)18-5-17-8/h2-4H,5H2,1H3,(H,15,16). The smallest absolute Gasteiger partial charge is 0.375 e. The average Bonchev–Trinajstić information content (AvgIpc) is 2.93. The largest absolute Gasteiger partial charge is 0.475 e. The van der Waals surface area contributed by atoms with E-state index in [1.54, 1.807) is 25.1 Å². The van der Waals surface area contributed by atoms with E-state index < -0.39 is 5.97 Å². The van der Waals surface area contributed by atoms with Crippen molar-refractivity contribution in [2.75, 3.05) is 6.79 Å². The summed E-state index contributed by atoms with van der Waals surface area (Å²) in [5.41, 5.74) is 0.678. The van der Waals surface area contributed by atoms with E-state index in [2.05, 4.69) is 10.1 Å². The summed E-state index contributed by atoms with van der Waals surface area (Å²) in [6.07, 6.45) is 0. The molecule has 7 nitrogen and oxygen atoms in total. The third-order valence-corrected chi connectivity index (χ3v) is 2.56. The third kappa shape index (κ3) is 1.56. The van der Waals surface area contributed by atoms with Gasteiger partial charge >= 0.3 is 5.97 Å². The summed E-state index contributed by atoms with van der Waals surface area (Å²) in [5, 5.41) is 12.8. The van der Waals surface area contributed by atoms with Gasteiger partial charge in [0.25, 0.3) is 5.82 Å². The first-order chi connectivity index (χ1) is 8.65. The van der Waals surface area contributed by atoms with E-state index in [9.17, 15) is 4.79 Å². The van der Waals surface area contributed by atoms with Crippen LogP contribution in [0.1, 0.15) is 16.4 Å². The van der Waals surface area contributed by atoms with Gasteiger partial charge in [0.2, 0.25) is 6.79 Å². The van der Waals surface area contributed by atoms with Gasteiger partial charge in [-0.2, -0.15) is 0 Å². The molecular weight excluding hydrogens is 238 g/mol. The molecule has 3 rings (SSSR count). The molecule has 1 aliphatic heterocycles. The second-order valence-electron chi connectivity index (χ2n) is 3.74. The zero-order valence-corrected chi connectivity index (χ0v) is 9.45. The summed E-state index contributed by atoms with van der Waals surface area (Å²) in [5.74, 6) is 0.378. The lowest BCUT2D eigenvalue weighted by atomic mass is 10.3. The van der Waals surface area contributed by atoms with Gasteiger partial charge in [0.05, 0.1) is 5.69 Å². The molecule has 0 amide bonds. The highest BCUT2D eigenvalue weighted by atomic mass is 16.7. The van der Waals surface area contributed by atoms with Crippen molar-refractivity contribution >= 4 is 5.97 Å². The van der Waals surface area contributed by atoms with E-state index in [0.29, 0.717) is 23.0 Å². The predicted molar refractivity (Wildman–Crippen MR) is 59.2 cm³/mol. The Morgan fingerprint density at radius 2 is 2.17 bits per heavy atom. The van der Waals surface area contributed by atoms with Gasteiger partial charge in [-0.05, 0) is 19.1 Å². The molecule has 0 radical (unpaired) electrons. The molecule has 0 bridgehead atoms. The van der Waals surface area contributed by atoms with Crippen LogP contribution in [0.4, 0.5) is 0 Å². The van der Waals surface area contributed by atoms with Crippen LogP contribution in [0.5, 0.6) is 11.5 Å². The summed E-state index contributed by atoms with van der Waals surface area (Å²) < 4.78 is 11.9. The van der Waals surface area contributed by atoms with Crippen LogP contribution in [-0.4, -0.2) is 32.6 Å². The molecule has 1 aliphatic rings. The van der Waals surface area contributed by atoms with Crippen molar-refractivity contribution in [1.82, 2.24) is 14.8 Å². The highest BCUT2D eigenvalue weighted by Crippen LogP contribution is 2.33. The number of hydrogen-bond donors (Lipinski definition) is 1. The quantitative estimate of drug-likeness (QED) is 0.852. The Labute approximate surface area is 102 Å². The molecule has 0 aliphatic carbocycles. The molecular formula is C11H9N3O4. The fourth-order valence-corrected chi connectivity index (χ4v) is 1.74. The van der Waals surface area contributed by atoms with E-state index >= 15 is 0 Å². The Bertz CT molecular complexity index is 635. The zero-order valence-electron chi connectivity index (χ0n) is 9.45. The Morgan fingerprint density at radius 3 is 2.89 bits per heavy atom. The van der Waals surface area contributed by atoms with Gasteiger partial charge < -0.3 is 14.6 Å². The third-order valence-electron chi connectivity index (χ3n) is 2.56. The van der Waals surface area contributed by atoms with Gasteiger partial charge in [0.1, 0.15) is 5.82 Å². The maximum atomic E-state index is 10.8. The molecule has 92 valence electrons. The van der Waals surface area contributed by atoms with Crippen LogP contribution >= 0.6 is 0 Å². The molecule has 0 saturated carbocycles. The first-order valence-electron chi connectivity index (χ1n) is 5.22. The number of ether oxygens (including phenoxy) is 2. The molecule has 7 heteroatoms. The van der Waals surface area contributed by atoms with Crippen LogP contribution in [0, 0.1) is 6.92 Å². The number of rotatable bonds is 2. The van der Waals surface area contributed by atoms with E-state index in [1.807, 2.05) is 0 Å². The van der Waals surface area contributed by atoms with Crippen LogP contribution < -0.4 is 9.47 Å². The Hall–Kier alpha value is -2.57. The number of carboxylic acid groups (broad SMARTS) is 1. The maximum absolute atomic E-state index is 10.8. The number of carboxylic acids is 1. The number of nitrogens with zero attached hydrogens (tertiary/aromatic N) is 3. The monoisotopic (exact) mass is 247 g/mol. The van der Waals surface area contributed by atoms with Crippen molar-refractivity contribution in [3.05, 3.63) is 29.8 Å². The molecule has 1 aromatic carbocycles. The number of carbonyl (C=O) groups is 1. The first kappa shape index (κ1) is 10.6. The highest BCUT2D eigenvalue weighted by Gasteiger charge is 2.17. The van der Waals surface area contributed by atoms with Crippen molar-refractivity contribution in [2.45, 2.75) is 6.92 Å². The van der Waals surface area contributed by atoms with Crippen molar-refractivity contribution in [3.8, 4) is 17.2 Å². The normalized spacial score (nSPS) is 12.7. The Kier molecular flexibility index (Phi) is 2.19. The zero-order chi connectivity index (χ0) is 12.7. The minimum Gasteiger partial charge on any atom is -0.475 e. The highest BCUT2D eigenvalue weighted by molar-refractivity contribution is 5.83. The summed E-state index contributed by atoms with van der Waals surface area (Å²) in [7, 11) is 0. The molecule has 0 atom stereocenters. The molecule has 0 spiro atoms. The molecule has 0 fully saturated rings. The van der Waals surface area contributed by atoms with E-state index in [-0.39, 0.29) is 12.6 Å². The molecule has 2 aromatic rings. The molecule has 1 aromatic heterocycles. The minimum absolute atomic E-state index is 0.190. The van der Waals surface area contributed by atoms with E-state index in [4.69, 9.17) is 14.6 Å². The SMILES string of the molecule is Cc1nc(C(=O)O)nn1-c1ccc2c(c1)OCO2. The summed E-state index contributed by atoms with van der Waals surface area (Å²) in [4.78, 5) is 14.7. The van der Waals surface area contributed by atoms with Gasteiger partial charge in [0, 0.05) is 6.07 Å². The van der Waals surface area contributed by atoms with Crippen molar-refractivity contribution in [1.29, 1.82) is 0 Å². The number of benzene rings is 1. The average molecular weight is 247 g/mol. The van der Waals surface area contributed by atoms with Gasteiger partial charge in [-0.15, -0.1) is 5.10 Å². The molecule has 2 heterocycles. The fourth-order valence-electron chi connectivity index (χ4n) is 1.74. The predicted octanol–water partition coefficient (Wildman–Crippen LogP) is 1.00. The molecule has 0 unspecified atom stereocenters. The van der Waals surface area contributed by atoms with Crippen molar-refractivity contribution in [2.24, 2.45) is 0 Å². The van der Waals surface area contributed by atoms with Crippen molar-refractivity contribution in [3.63, 3.8) is 0 Å². The van der Waals surface area contributed by atoms with Crippen LogP contribution in [0.2, 0.25) is 0 Å². The first-order valence-corrected chi connectivity index (χ1v) is 5.22. The molecule has 0 saturated heterocycles. The van der Waals surface area contributed by atoms with Gasteiger partial charge in [-0.1, -0.05) is 0 Å². The summed E-state index contributed by atoms with van der Waals surface area (Å²) in [6.45, 7) is 1.87. The van der Waals surface area contributed by atoms with Gasteiger partial charge in [-0.25, -0.2) is 14.5 Å². The summed E-state index contributed by atoms with van der Waals surface area (Å²) >= 11 is 0. The van der Waals surface area contributed by atoms with Crippen molar-refractivity contribution < 1.29 is 19.4 Å². The number of fused-ring (bicyclic) bond motifs is 1. The molecule has 1 N–H and O–H groups in total. The number of aromatic nitrogens is 3. The lowest BCUT2D eigenvalue weighted by molar-refractivity contribution is 0.0683. The number of aromatic carboxylic acids is 1. The molecule has 18 heavy (non-hydrogen) atoms. The topological polar surface area (TPSA) is 86.5 Å². The maximum Gasteiger partial charge on any atom is 0.375 e. The van der Waals surface area contributed by atoms with Crippen LogP contribution in [0.3, 0.4) is 0 Å². The second kappa shape index (κ2) is 3.73. The number of aryl methyl sites for hydroxylation is 1. The van der Waals surface area contributed by atoms with Crippen LogP contribution in [-0.2, 0) is 0 Å².